The van der Waals surface area contributed by atoms with E-state index < -0.39 is 0 Å². The van der Waals surface area contributed by atoms with Gasteiger partial charge in [0, 0.05) is 50.3 Å². The lowest BCUT2D eigenvalue weighted by Gasteiger charge is -2.18. The topological polar surface area (TPSA) is 14.8 Å². The Morgan fingerprint density at radius 3 is 0.944 bits per heavy atom. The lowest BCUT2D eigenvalue weighted by Crippen LogP contribution is -2.05. The minimum absolute atomic E-state index is 1.16. The molecule has 3 heteroatoms. The van der Waals surface area contributed by atoms with Crippen LogP contribution < -0.4 is 0 Å². The predicted octanol–water partition coefficient (Wildman–Crippen LogP) is 8.44. The first-order valence-electron chi connectivity index (χ1n) is 12.5. The SMILES string of the molecule is Cc1cc2ccccc2n1-c1cc(-n2c(C)cc3ccccc32)cc(-n2c(C)cc3ccccc32)c1. The first kappa shape index (κ1) is 20.8. The number of fused-ring (bicyclic) bond motifs is 3. The molecule has 0 bridgehead atoms. The molecule has 0 saturated heterocycles. The Morgan fingerprint density at radius 1 is 0.361 bits per heavy atom. The summed E-state index contributed by atoms with van der Waals surface area (Å²) < 4.78 is 7.14. The molecule has 0 fully saturated rings. The third-order valence-corrected chi connectivity index (χ3v) is 7.35. The lowest BCUT2D eigenvalue weighted by molar-refractivity contribution is 0.992. The van der Waals surface area contributed by atoms with Crippen LogP contribution in [0.15, 0.2) is 109 Å². The molecule has 0 aliphatic rings. The molecule has 0 unspecified atom stereocenters. The van der Waals surface area contributed by atoms with Gasteiger partial charge in [-0.15, -0.1) is 0 Å². The molecule has 7 aromatic rings. The minimum Gasteiger partial charge on any atom is -0.314 e. The summed E-state index contributed by atoms with van der Waals surface area (Å²) in [7, 11) is 0. The monoisotopic (exact) mass is 465 g/mol. The molecule has 36 heavy (non-hydrogen) atoms. The molecule has 3 nitrogen and oxygen atoms in total. The van der Waals surface area contributed by atoms with Gasteiger partial charge in [0.15, 0.2) is 0 Å². The van der Waals surface area contributed by atoms with Crippen molar-refractivity contribution in [1.29, 1.82) is 0 Å². The van der Waals surface area contributed by atoms with Gasteiger partial charge in [0.05, 0.1) is 16.6 Å². The van der Waals surface area contributed by atoms with E-state index in [-0.39, 0.29) is 0 Å². The van der Waals surface area contributed by atoms with E-state index in [9.17, 15) is 0 Å². The summed E-state index contributed by atoms with van der Waals surface area (Å²) in [6, 6.07) is 39.7. The summed E-state index contributed by atoms with van der Waals surface area (Å²) in [4.78, 5) is 0. The first-order valence-corrected chi connectivity index (χ1v) is 12.5. The zero-order valence-electron chi connectivity index (χ0n) is 20.7. The molecular weight excluding hydrogens is 438 g/mol. The molecule has 0 aliphatic carbocycles. The maximum atomic E-state index is 2.38. The van der Waals surface area contributed by atoms with Gasteiger partial charge in [-0.25, -0.2) is 0 Å². The van der Waals surface area contributed by atoms with Crippen LogP contribution >= 0.6 is 0 Å². The number of nitrogens with zero attached hydrogens (tertiary/aromatic N) is 3. The van der Waals surface area contributed by atoms with Crippen molar-refractivity contribution in [2.75, 3.05) is 0 Å². The molecule has 0 saturated carbocycles. The number of benzene rings is 4. The highest BCUT2D eigenvalue weighted by atomic mass is 15.0. The van der Waals surface area contributed by atoms with E-state index in [0.717, 1.165) is 17.1 Å². The standard InChI is InChI=1S/C33H27N3/c1-22-16-25-10-4-7-13-31(25)34(22)28-19-29(35-23(2)17-26-11-5-8-14-32(26)35)21-30(20-28)36-24(3)18-27-12-6-9-15-33(27)36/h4-21H,1-3H3. The van der Waals surface area contributed by atoms with E-state index in [1.807, 2.05) is 0 Å². The van der Waals surface area contributed by atoms with Gasteiger partial charge in [-0.2, -0.15) is 0 Å². The fourth-order valence-electron chi connectivity index (χ4n) is 5.87. The molecule has 0 amide bonds. The average molecular weight is 466 g/mol. The summed E-state index contributed by atoms with van der Waals surface area (Å²) in [5.41, 5.74) is 10.8. The Bertz CT molecular complexity index is 1690. The van der Waals surface area contributed by atoms with Crippen LogP contribution in [0.2, 0.25) is 0 Å². The van der Waals surface area contributed by atoms with Gasteiger partial charge in [0.2, 0.25) is 0 Å². The van der Waals surface area contributed by atoms with E-state index >= 15 is 0 Å². The zero-order chi connectivity index (χ0) is 24.4. The number of para-hydroxylation sites is 3. The van der Waals surface area contributed by atoms with E-state index in [1.54, 1.807) is 0 Å². The second-order valence-corrected chi connectivity index (χ2v) is 9.75. The number of hydrogen-bond acceptors (Lipinski definition) is 0. The van der Waals surface area contributed by atoms with Crippen LogP contribution in [0.1, 0.15) is 17.1 Å². The summed E-state index contributed by atoms with van der Waals surface area (Å²) in [6.45, 7) is 6.58. The first-order chi connectivity index (χ1) is 17.6. The molecule has 4 aromatic carbocycles. The Morgan fingerprint density at radius 2 is 0.639 bits per heavy atom. The number of hydrogen-bond donors (Lipinski definition) is 0. The van der Waals surface area contributed by atoms with Crippen LogP contribution in [0.4, 0.5) is 0 Å². The van der Waals surface area contributed by atoms with Crippen molar-refractivity contribution in [2.24, 2.45) is 0 Å². The quantitative estimate of drug-likeness (QED) is 0.249. The van der Waals surface area contributed by atoms with Crippen molar-refractivity contribution < 1.29 is 0 Å². The van der Waals surface area contributed by atoms with Crippen molar-refractivity contribution in [3.05, 3.63) is 126 Å². The van der Waals surface area contributed by atoms with Crippen molar-refractivity contribution >= 4 is 32.7 Å². The summed E-state index contributed by atoms with van der Waals surface area (Å²) in [5.74, 6) is 0. The lowest BCUT2D eigenvalue weighted by atomic mass is 10.2. The fraction of sp³-hybridized carbons (Fsp3) is 0.0909. The third kappa shape index (κ3) is 3.06. The van der Waals surface area contributed by atoms with Gasteiger partial charge in [0.25, 0.3) is 0 Å². The van der Waals surface area contributed by atoms with Gasteiger partial charge in [-0.05, 0) is 75.4 Å². The van der Waals surface area contributed by atoms with Crippen molar-refractivity contribution in [2.45, 2.75) is 20.8 Å². The van der Waals surface area contributed by atoms with E-state index in [2.05, 4.69) is 144 Å². The number of aryl methyl sites for hydroxylation is 3. The molecule has 3 heterocycles. The Kier molecular flexibility index (Phi) is 4.49. The van der Waals surface area contributed by atoms with Crippen LogP contribution in [0.3, 0.4) is 0 Å². The van der Waals surface area contributed by atoms with E-state index in [0.29, 0.717) is 0 Å². The van der Waals surface area contributed by atoms with Crippen LogP contribution in [-0.4, -0.2) is 13.7 Å². The van der Waals surface area contributed by atoms with Gasteiger partial charge in [-0.1, -0.05) is 54.6 Å². The third-order valence-electron chi connectivity index (χ3n) is 7.35. The average Bonchev–Trinajstić information content (AvgIpc) is 3.51. The number of rotatable bonds is 3. The molecule has 0 atom stereocenters. The normalized spacial score (nSPS) is 11.8. The molecular formula is C33H27N3. The highest BCUT2D eigenvalue weighted by Gasteiger charge is 2.16. The highest BCUT2D eigenvalue weighted by molar-refractivity contribution is 5.87. The van der Waals surface area contributed by atoms with E-state index in [4.69, 9.17) is 0 Å². The molecule has 3 aromatic heterocycles. The predicted molar refractivity (Wildman–Crippen MR) is 151 cm³/mol. The Hall–Kier alpha value is -4.50. The second kappa shape index (κ2) is 7.76. The molecule has 0 N–H and O–H groups in total. The van der Waals surface area contributed by atoms with Gasteiger partial charge >= 0.3 is 0 Å². The molecule has 0 aliphatic heterocycles. The van der Waals surface area contributed by atoms with Gasteiger partial charge in [-0.3, -0.25) is 0 Å². The van der Waals surface area contributed by atoms with Crippen molar-refractivity contribution in [1.82, 2.24) is 13.7 Å². The van der Waals surface area contributed by atoms with Gasteiger partial charge in [0.1, 0.15) is 0 Å². The summed E-state index contributed by atoms with van der Waals surface area (Å²) in [5, 5.41) is 3.77. The minimum atomic E-state index is 1.16. The van der Waals surface area contributed by atoms with Crippen LogP contribution in [-0.2, 0) is 0 Å². The maximum Gasteiger partial charge on any atom is 0.0531 e. The van der Waals surface area contributed by atoms with Crippen LogP contribution in [0, 0.1) is 20.8 Å². The second-order valence-electron chi connectivity index (χ2n) is 9.75. The number of aromatic nitrogens is 3. The molecule has 174 valence electrons. The van der Waals surface area contributed by atoms with Crippen LogP contribution in [0.25, 0.3) is 49.8 Å². The van der Waals surface area contributed by atoms with Crippen molar-refractivity contribution in [3.63, 3.8) is 0 Å². The zero-order valence-corrected chi connectivity index (χ0v) is 20.7. The Balaban J connectivity index is 1.58. The van der Waals surface area contributed by atoms with Gasteiger partial charge < -0.3 is 13.7 Å². The summed E-state index contributed by atoms with van der Waals surface area (Å²) in [6.07, 6.45) is 0. The molecule has 0 spiro atoms. The molecule has 0 radical (unpaired) electrons. The maximum absolute atomic E-state index is 2.38. The Labute approximate surface area is 210 Å². The smallest absolute Gasteiger partial charge is 0.0531 e. The van der Waals surface area contributed by atoms with Crippen molar-refractivity contribution in [3.8, 4) is 17.1 Å². The summed E-state index contributed by atoms with van der Waals surface area (Å²) >= 11 is 0. The molecule has 7 rings (SSSR count). The largest absolute Gasteiger partial charge is 0.314 e. The van der Waals surface area contributed by atoms with E-state index in [1.165, 1.54) is 49.8 Å². The fourth-order valence-corrected chi connectivity index (χ4v) is 5.87. The highest BCUT2D eigenvalue weighted by Crippen LogP contribution is 2.32. The van der Waals surface area contributed by atoms with Crippen LogP contribution in [0.5, 0.6) is 0 Å².